The van der Waals surface area contributed by atoms with Gasteiger partial charge in [0.2, 0.25) is 0 Å². The summed E-state index contributed by atoms with van der Waals surface area (Å²) in [6.07, 6.45) is 0. The van der Waals surface area contributed by atoms with E-state index in [4.69, 9.17) is 5.11 Å². The van der Waals surface area contributed by atoms with Crippen LogP contribution < -0.4 is 0 Å². The molecule has 0 amide bonds. The maximum atomic E-state index is 8.97. The lowest BCUT2D eigenvalue weighted by atomic mass is 10.2. The highest BCUT2D eigenvalue weighted by atomic mass is 32.2. The predicted molar refractivity (Wildman–Crippen MR) is 65.5 cm³/mol. The first-order chi connectivity index (χ1) is 7.29. The Kier molecular flexibility index (Phi) is 3.46. The van der Waals surface area contributed by atoms with Crippen LogP contribution in [0.4, 0.5) is 0 Å². The molecule has 78 valence electrons. The molecule has 0 aliphatic carbocycles. The highest BCUT2D eigenvalue weighted by molar-refractivity contribution is 8.01. The van der Waals surface area contributed by atoms with Crippen LogP contribution in [0.15, 0.2) is 45.5 Å². The van der Waals surface area contributed by atoms with E-state index in [0.717, 1.165) is 4.88 Å². The Morgan fingerprint density at radius 2 is 2.00 bits per heavy atom. The number of thiophene rings is 1. The van der Waals surface area contributed by atoms with Crippen molar-refractivity contribution in [2.24, 2.45) is 0 Å². The molecule has 1 aromatic carbocycles. The molecule has 1 N–H and O–H groups in total. The van der Waals surface area contributed by atoms with Crippen LogP contribution in [-0.4, -0.2) is 5.11 Å². The third-order valence-electron chi connectivity index (χ3n) is 2.10. The van der Waals surface area contributed by atoms with Gasteiger partial charge in [-0.3, -0.25) is 0 Å². The number of aliphatic hydroxyl groups excluding tert-OH is 1. The molecule has 15 heavy (non-hydrogen) atoms. The average molecular weight is 236 g/mol. The topological polar surface area (TPSA) is 20.2 Å². The average Bonchev–Trinajstić information content (AvgIpc) is 2.69. The van der Waals surface area contributed by atoms with Gasteiger partial charge in [-0.1, -0.05) is 30.0 Å². The molecule has 2 rings (SSSR count). The second kappa shape index (κ2) is 4.84. The maximum absolute atomic E-state index is 8.97. The smallest absolute Gasteiger partial charge is 0.0774 e. The van der Waals surface area contributed by atoms with Crippen LogP contribution in [0.25, 0.3) is 0 Å². The third kappa shape index (κ3) is 2.62. The van der Waals surface area contributed by atoms with Crippen LogP contribution in [0, 0.1) is 6.92 Å². The molecule has 0 saturated heterocycles. The van der Waals surface area contributed by atoms with E-state index in [9.17, 15) is 0 Å². The molecular formula is C12H12OS2. The number of aliphatic hydroxyl groups is 1. The fourth-order valence-corrected chi connectivity index (χ4v) is 3.36. The molecule has 0 saturated carbocycles. The summed E-state index contributed by atoms with van der Waals surface area (Å²) in [5, 5.41) is 8.97. The van der Waals surface area contributed by atoms with Crippen LogP contribution >= 0.6 is 23.1 Å². The lowest BCUT2D eigenvalue weighted by Crippen LogP contribution is -1.75. The number of hydrogen-bond acceptors (Lipinski definition) is 3. The van der Waals surface area contributed by atoms with E-state index in [1.54, 1.807) is 23.1 Å². The van der Waals surface area contributed by atoms with E-state index in [1.165, 1.54) is 14.7 Å². The second-order valence-corrected chi connectivity index (χ2v) is 5.76. The van der Waals surface area contributed by atoms with Crippen LogP contribution in [0.1, 0.15) is 10.4 Å². The Labute approximate surface area is 97.8 Å². The third-order valence-corrected chi connectivity index (χ3v) is 4.48. The van der Waals surface area contributed by atoms with Crippen molar-refractivity contribution in [1.29, 1.82) is 0 Å². The molecule has 0 radical (unpaired) electrons. The van der Waals surface area contributed by atoms with E-state index in [-0.39, 0.29) is 6.61 Å². The van der Waals surface area contributed by atoms with Gasteiger partial charge in [0.1, 0.15) is 0 Å². The van der Waals surface area contributed by atoms with Gasteiger partial charge in [-0.05, 0) is 30.7 Å². The first kappa shape index (κ1) is 10.7. The summed E-state index contributed by atoms with van der Waals surface area (Å²) in [5.74, 6) is 0. The molecule has 3 heteroatoms. The number of rotatable bonds is 3. The summed E-state index contributed by atoms with van der Waals surface area (Å²) in [6.45, 7) is 2.25. The van der Waals surface area contributed by atoms with Crippen molar-refractivity contribution in [3.63, 3.8) is 0 Å². The van der Waals surface area contributed by atoms with Gasteiger partial charge in [-0.15, -0.1) is 11.3 Å². The van der Waals surface area contributed by atoms with Crippen LogP contribution in [0.5, 0.6) is 0 Å². The molecule has 1 aromatic heterocycles. The van der Waals surface area contributed by atoms with Crippen molar-refractivity contribution in [3.05, 3.63) is 46.8 Å². The molecule has 1 nitrogen and oxygen atoms in total. The summed E-state index contributed by atoms with van der Waals surface area (Å²) >= 11 is 3.41. The zero-order chi connectivity index (χ0) is 10.7. The van der Waals surface area contributed by atoms with E-state index < -0.39 is 0 Å². The number of aryl methyl sites for hydroxylation is 1. The summed E-state index contributed by atoms with van der Waals surface area (Å²) in [5.41, 5.74) is 1.29. The van der Waals surface area contributed by atoms with Gasteiger partial charge in [-0.2, -0.15) is 0 Å². The van der Waals surface area contributed by atoms with Crippen molar-refractivity contribution in [3.8, 4) is 0 Å². The van der Waals surface area contributed by atoms with Gasteiger partial charge in [0.15, 0.2) is 0 Å². The zero-order valence-electron chi connectivity index (χ0n) is 8.43. The van der Waals surface area contributed by atoms with Gasteiger partial charge in [0, 0.05) is 9.77 Å². The minimum absolute atomic E-state index is 0.138. The fourth-order valence-electron chi connectivity index (χ4n) is 1.28. The molecule has 0 unspecified atom stereocenters. The normalized spacial score (nSPS) is 10.5. The Morgan fingerprint density at radius 1 is 1.20 bits per heavy atom. The maximum Gasteiger partial charge on any atom is 0.0774 e. The van der Waals surface area contributed by atoms with Crippen molar-refractivity contribution in [2.45, 2.75) is 22.6 Å². The largest absolute Gasteiger partial charge is 0.391 e. The number of hydrogen-bond donors (Lipinski definition) is 1. The zero-order valence-corrected chi connectivity index (χ0v) is 10.1. The van der Waals surface area contributed by atoms with E-state index in [1.807, 2.05) is 12.1 Å². The van der Waals surface area contributed by atoms with Crippen molar-refractivity contribution in [2.75, 3.05) is 0 Å². The quantitative estimate of drug-likeness (QED) is 0.877. The highest BCUT2D eigenvalue weighted by Crippen LogP contribution is 2.34. The van der Waals surface area contributed by atoms with Crippen LogP contribution in [0.2, 0.25) is 0 Å². The van der Waals surface area contributed by atoms with Crippen molar-refractivity contribution < 1.29 is 5.11 Å². The van der Waals surface area contributed by atoms with Crippen molar-refractivity contribution >= 4 is 23.1 Å². The van der Waals surface area contributed by atoms with Crippen molar-refractivity contribution in [1.82, 2.24) is 0 Å². The predicted octanol–water partition coefficient (Wildman–Crippen LogP) is 3.70. The Balaban J connectivity index is 2.18. The van der Waals surface area contributed by atoms with Crippen LogP contribution in [-0.2, 0) is 6.61 Å². The molecule has 0 spiro atoms. The van der Waals surface area contributed by atoms with Gasteiger partial charge in [0.05, 0.1) is 10.8 Å². The molecule has 1 heterocycles. The first-order valence-corrected chi connectivity index (χ1v) is 6.36. The molecule has 0 aliphatic rings. The minimum atomic E-state index is 0.138. The van der Waals surface area contributed by atoms with Gasteiger partial charge in [0.25, 0.3) is 0 Å². The molecule has 0 aliphatic heterocycles. The highest BCUT2D eigenvalue weighted by Gasteiger charge is 2.03. The molecule has 2 aromatic rings. The van der Waals surface area contributed by atoms with E-state index >= 15 is 0 Å². The molecule has 0 fully saturated rings. The van der Waals surface area contributed by atoms with E-state index in [0.29, 0.717) is 0 Å². The van der Waals surface area contributed by atoms with Gasteiger partial charge in [-0.25, -0.2) is 0 Å². The van der Waals surface area contributed by atoms with E-state index in [2.05, 4.69) is 31.2 Å². The lowest BCUT2D eigenvalue weighted by molar-refractivity contribution is 0.285. The molecular weight excluding hydrogens is 224 g/mol. The van der Waals surface area contributed by atoms with Gasteiger partial charge < -0.3 is 5.11 Å². The lowest BCUT2D eigenvalue weighted by Gasteiger charge is -2.01. The Hall–Kier alpha value is -0.770. The molecule has 0 bridgehead atoms. The second-order valence-electron chi connectivity index (χ2n) is 3.25. The molecule has 0 atom stereocenters. The SMILES string of the molecule is Cc1ccccc1Sc1ccc(CO)s1. The van der Waals surface area contributed by atoms with Gasteiger partial charge >= 0.3 is 0 Å². The fraction of sp³-hybridized carbons (Fsp3) is 0.167. The summed E-state index contributed by atoms with van der Waals surface area (Å²) in [4.78, 5) is 2.30. The Morgan fingerprint density at radius 3 is 2.67 bits per heavy atom. The minimum Gasteiger partial charge on any atom is -0.391 e. The first-order valence-electron chi connectivity index (χ1n) is 4.72. The monoisotopic (exact) mass is 236 g/mol. The summed E-state index contributed by atoms with van der Waals surface area (Å²) in [7, 11) is 0. The summed E-state index contributed by atoms with van der Waals surface area (Å²) < 4.78 is 1.23. The Bertz CT molecular complexity index is 448. The standard InChI is InChI=1S/C12H12OS2/c1-9-4-2-3-5-11(9)15-12-7-6-10(8-13)14-12/h2-7,13H,8H2,1H3. The van der Waals surface area contributed by atoms with Crippen LogP contribution in [0.3, 0.4) is 0 Å². The summed E-state index contributed by atoms with van der Waals surface area (Å²) in [6, 6.07) is 12.4. The number of benzene rings is 1.